The molecule has 5 heteroatoms. The van der Waals surface area contributed by atoms with Gasteiger partial charge in [-0.3, -0.25) is 14.7 Å². The molecule has 1 atom stereocenters. The number of carbonyl (C=O) groups excluding carboxylic acids is 1. The number of carbonyl (C=O) groups is 1. The van der Waals surface area contributed by atoms with Crippen molar-refractivity contribution in [1.29, 1.82) is 0 Å². The smallest absolute Gasteiger partial charge is 0.229 e. The van der Waals surface area contributed by atoms with Crippen LogP contribution in [0.4, 0.5) is 4.39 Å². The van der Waals surface area contributed by atoms with E-state index in [0.29, 0.717) is 19.5 Å². The number of aromatic nitrogens is 1. The van der Waals surface area contributed by atoms with Gasteiger partial charge in [0.25, 0.3) is 0 Å². The number of hydrogen-bond donors (Lipinski definition) is 0. The molecule has 1 amide bonds. The van der Waals surface area contributed by atoms with Gasteiger partial charge >= 0.3 is 0 Å². The highest BCUT2D eigenvalue weighted by molar-refractivity contribution is 5.84. The van der Waals surface area contributed by atoms with Gasteiger partial charge in [-0.25, -0.2) is 4.39 Å². The number of pyridine rings is 1. The van der Waals surface area contributed by atoms with Crippen LogP contribution in [0.15, 0.2) is 73.1 Å². The zero-order valence-electron chi connectivity index (χ0n) is 18.1. The van der Waals surface area contributed by atoms with E-state index in [0.717, 1.165) is 35.2 Å². The van der Waals surface area contributed by atoms with Crippen LogP contribution in [-0.4, -0.2) is 47.9 Å². The molecule has 2 aromatic carbocycles. The molecule has 3 aromatic rings. The minimum atomic E-state index is -0.484. The standard InChI is InChI=1S/C26H28FN3O/c1-29(2)25(31)26(13-15-30(19-26)18-20-9-11-23(27)12-10-20)16-21-6-3-4-8-24(21)22-7-5-14-28-17-22/h3-12,14,17H,13,15-16,18-19H2,1-2H3. The Kier molecular flexibility index (Phi) is 6.14. The molecule has 0 spiro atoms. The largest absolute Gasteiger partial charge is 0.348 e. The molecule has 0 N–H and O–H groups in total. The van der Waals surface area contributed by atoms with E-state index in [4.69, 9.17) is 0 Å². The molecule has 160 valence electrons. The zero-order valence-corrected chi connectivity index (χ0v) is 18.1. The Balaban J connectivity index is 1.61. The number of nitrogens with zero attached hydrogens (tertiary/aromatic N) is 3. The zero-order chi connectivity index (χ0) is 21.8. The summed E-state index contributed by atoms with van der Waals surface area (Å²) in [6.45, 7) is 2.24. The normalized spacial score (nSPS) is 18.8. The summed E-state index contributed by atoms with van der Waals surface area (Å²) in [6.07, 6.45) is 5.11. The van der Waals surface area contributed by atoms with Crippen LogP contribution in [0, 0.1) is 11.2 Å². The van der Waals surface area contributed by atoms with Gasteiger partial charge in [0, 0.05) is 45.1 Å². The maximum Gasteiger partial charge on any atom is 0.229 e. The third-order valence-electron chi connectivity index (χ3n) is 6.13. The Morgan fingerprint density at radius 1 is 1.10 bits per heavy atom. The molecule has 1 unspecified atom stereocenters. The molecule has 1 aliphatic rings. The van der Waals surface area contributed by atoms with Crippen molar-refractivity contribution in [3.05, 3.63) is 90.0 Å². The van der Waals surface area contributed by atoms with Crippen molar-refractivity contribution >= 4 is 5.91 Å². The van der Waals surface area contributed by atoms with Crippen molar-refractivity contribution in [2.24, 2.45) is 5.41 Å². The third-order valence-corrected chi connectivity index (χ3v) is 6.13. The molecule has 1 aliphatic heterocycles. The summed E-state index contributed by atoms with van der Waals surface area (Å²) in [5, 5.41) is 0. The van der Waals surface area contributed by atoms with Gasteiger partial charge in [0.05, 0.1) is 5.41 Å². The van der Waals surface area contributed by atoms with E-state index in [9.17, 15) is 9.18 Å². The second-order valence-corrected chi connectivity index (χ2v) is 8.64. The van der Waals surface area contributed by atoms with Gasteiger partial charge in [0.15, 0.2) is 0 Å². The fraction of sp³-hybridized carbons (Fsp3) is 0.308. The molecular formula is C26H28FN3O. The number of rotatable bonds is 6. The number of halogens is 1. The van der Waals surface area contributed by atoms with Crippen LogP contribution in [0.2, 0.25) is 0 Å². The van der Waals surface area contributed by atoms with Crippen molar-refractivity contribution in [3.8, 4) is 11.1 Å². The predicted octanol–water partition coefficient (Wildman–Crippen LogP) is 4.41. The van der Waals surface area contributed by atoms with Gasteiger partial charge < -0.3 is 4.90 Å². The van der Waals surface area contributed by atoms with Gasteiger partial charge in [0.1, 0.15) is 5.82 Å². The number of hydrogen-bond acceptors (Lipinski definition) is 3. The minimum absolute atomic E-state index is 0.162. The van der Waals surface area contributed by atoms with Crippen LogP contribution >= 0.6 is 0 Å². The lowest BCUT2D eigenvalue weighted by Crippen LogP contribution is -2.44. The average molecular weight is 418 g/mol. The summed E-state index contributed by atoms with van der Waals surface area (Å²) in [5.41, 5.74) is 3.92. The summed E-state index contributed by atoms with van der Waals surface area (Å²) in [6, 6.07) is 18.9. The second-order valence-electron chi connectivity index (χ2n) is 8.64. The first-order valence-electron chi connectivity index (χ1n) is 10.6. The quantitative estimate of drug-likeness (QED) is 0.596. The van der Waals surface area contributed by atoms with E-state index in [2.05, 4.69) is 28.1 Å². The van der Waals surface area contributed by atoms with Gasteiger partial charge in [-0.05, 0) is 54.3 Å². The molecule has 1 fully saturated rings. The fourth-order valence-corrected chi connectivity index (χ4v) is 4.65. The van der Waals surface area contributed by atoms with Crippen LogP contribution in [-0.2, 0) is 17.8 Å². The lowest BCUT2D eigenvalue weighted by Gasteiger charge is -2.32. The maximum atomic E-state index is 13.4. The van der Waals surface area contributed by atoms with E-state index < -0.39 is 5.41 Å². The number of benzene rings is 2. The molecule has 1 aromatic heterocycles. The maximum absolute atomic E-state index is 13.4. The lowest BCUT2D eigenvalue weighted by molar-refractivity contribution is -0.138. The Labute approximate surface area is 183 Å². The first-order chi connectivity index (χ1) is 15.0. The number of likely N-dealkylation sites (tertiary alicyclic amines) is 1. The van der Waals surface area contributed by atoms with Crippen LogP contribution in [0.5, 0.6) is 0 Å². The Bertz CT molecular complexity index is 1040. The Hall–Kier alpha value is -3.05. The first kappa shape index (κ1) is 21.2. The molecular weight excluding hydrogens is 389 g/mol. The molecule has 1 saturated heterocycles. The van der Waals surface area contributed by atoms with Gasteiger partial charge in [-0.2, -0.15) is 0 Å². The molecule has 0 radical (unpaired) electrons. The Morgan fingerprint density at radius 2 is 1.87 bits per heavy atom. The van der Waals surface area contributed by atoms with Gasteiger partial charge in [-0.15, -0.1) is 0 Å². The SMILES string of the molecule is CN(C)C(=O)C1(Cc2ccccc2-c2cccnc2)CCN(Cc2ccc(F)cc2)C1. The van der Waals surface area contributed by atoms with Crippen LogP contribution in [0.3, 0.4) is 0 Å². The Morgan fingerprint density at radius 3 is 2.58 bits per heavy atom. The summed E-state index contributed by atoms with van der Waals surface area (Å²) in [4.78, 5) is 21.7. The molecule has 4 nitrogen and oxygen atoms in total. The summed E-state index contributed by atoms with van der Waals surface area (Å²) in [7, 11) is 3.67. The van der Waals surface area contributed by atoms with E-state index >= 15 is 0 Å². The summed E-state index contributed by atoms with van der Waals surface area (Å²) < 4.78 is 13.3. The molecule has 4 rings (SSSR count). The van der Waals surface area contributed by atoms with E-state index in [1.54, 1.807) is 11.1 Å². The van der Waals surface area contributed by atoms with Crippen LogP contribution in [0.1, 0.15) is 17.5 Å². The van der Waals surface area contributed by atoms with Gasteiger partial charge in [-0.1, -0.05) is 42.5 Å². The average Bonchev–Trinajstić information content (AvgIpc) is 3.19. The predicted molar refractivity (Wildman–Crippen MR) is 121 cm³/mol. The first-order valence-corrected chi connectivity index (χ1v) is 10.6. The molecule has 2 heterocycles. The summed E-state index contributed by atoms with van der Waals surface area (Å²) in [5.74, 6) is -0.0654. The van der Waals surface area contributed by atoms with Crippen molar-refractivity contribution in [2.75, 3.05) is 27.2 Å². The van der Waals surface area contributed by atoms with E-state index in [-0.39, 0.29) is 11.7 Å². The topological polar surface area (TPSA) is 36.4 Å². The van der Waals surface area contributed by atoms with Crippen LogP contribution in [0.25, 0.3) is 11.1 Å². The fourth-order valence-electron chi connectivity index (χ4n) is 4.65. The van der Waals surface area contributed by atoms with Crippen molar-refractivity contribution in [3.63, 3.8) is 0 Å². The molecule has 0 aliphatic carbocycles. The highest BCUT2D eigenvalue weighted by atomic mass is 19.1. The molecule has 0 saturated carbocycles. The third kappa shape index (κ3) is 4.67. The monoisotopic (exact) mass is 417 g/mol. The highest BCUT2D eigenvalue weighted by Crippen LogP contribution is 2.39. The minimum Gasteiger partial charge on any atom is -0.348 e. The van der Waals surface area contributed by atoms with E-state index in [1.807, 2.05) is 50.6 Å². The lowest BCUT2D eigenvalue weighted by atomic mass is 9.78. The van der Waals surface area contributed by atoms with Crippen molar-refractivity contribution < 1.29 is 9.18 Å². The number of amides is 1. The highest BCUT2D eigenvalue weighted by Gasteiger charge is 2.45. The van der Waals surface area contributed by atoms with Crippen LogP contribution < -0.4 is 0 Å². The molecule has 0 bridgehead atoms. The van der Waals surface area contributed by atoms with E-state index in [1.165, 1.54) is 12.1 Å². The molecule has 31 heavy (non-hydrogen) atoms. The second kappa shape index (κ2) is 8.98. The van der Waals surface area contributed by atoms with Crippen molar-refractivity contribution in [1.82, 2.24) is 14.8 Å². The van der Waals surface area contributed by atoms with Gasteiger partial charge in [0.2, 0.25) is 5.91 Å². The summed E-state index contributed by atoms with van der Waals surface area (Å²) >= 11 is 0. The van der Waals surface area contributed by atoms with Crippen molar-refractivity contribution in [2.45, 2.75) is 19.4 Å².